The van der Waals surface area contributed by atoms with E-state index in [1.807, 2.05) is 13.0 Å². The van der Waals surface area contributed by atoms with Gasteiger partial charge in [0.15, 0.2) is 0 Å². The minimum absolute atomic E-state index is 0.0122. The van der Waals surface area contributed by atoms with Crippen LogP contribution in [-0.4, -0.2) is 12.5 Å². The molecule has 86 valence electrons. The third kappa shape index (κ3) is 2.75. The van der Waals surface area contributed by atoms with E-state index in [1.165, 1.54) is 12.8 Å². The SMILES string of the molecule is Cc1cc(N)ccc1C(=O)NCCC1CC1. The minimum atomic E-state index is 0.0122. The maximum absolute atomic E-state index is 11.8. The van der Waals surface area contributed by atoms with Crippen molar-refractivity contribution in [2.75, 3.05) is 12.3 Å². The van der Waals surface area contributed by atoms with Gasteiger partial charge < -0.3 is 11.1 Å². The zero-order valence-electron chi connectivity index (χ0n) is 9.62. The maximum Gasteiger partial charge on any atom is 0.251 e. The summed E-state index contributed by atoms with van der Waals surface area (Å²) in [6.45, 7) is 2.69. The molecule has 1 aromatic rings. The number of nitrogens with one attached hydrogen (secondary N) is 1. The molecule has 1 aliphatic rings. The largest absolute Gasteiger partial charge is 0.399 e. The van der Waals surface area contributed by atoms with Gasteiger partial charge >= 0.3 is 0 Å². The topological polar surface area (TPSA) is 55.1 Å². The number of benzene rings is 1. The normalized spacial score (nSPS) is 14.8. The molecule has 0 atom stereocenters. The van der Waals surface area contributed by atoms with Crippen LogP contribution in [0.1, 0.15) is 35.2 Å². The Morgan fingerprint density at radius 2 is 2.25 bits per heavy atom. The van der Waals surface area contributed by atoms with Crippen LogP contribution in [0.5, 0.6) is 0 Å². The molecule has 1 amide bonds. The second-order valence-corrected chi connectivity index (χ2v) is 4.56. The van der Waals surface area contributed by atoms with Gasteiger partial charge in [0.05, 0.1) is 0 Å². The van der Waals surface area contributed by atoms with Crippen molar-refractivity contribution in [3.8, 4) is 0 Å². The van der Waals surface area contributed by atoms with Gasteiger partial charge in [-0.3, -0.25) is 4.79 Å². The molecule has 0 radical (unpaired) electrons. The first-order chi connectivity index (χ1) is 7.66. The van der Waals surface area contributed by atoms with Gasteiger partial charge in [0, 0.05) is 17.8 Å². The summed E-state index contributed by atoms with van der Waals surface area (Å²) in [7, 11) is 0. The van der Waals surface area contributed by atoms with Crippen LogP contribution >= 0.6 is 0 Å². The number of amides is 1. The van der Waals surface area contributed by atoms with Crippen molar-refractivity contribution in [2.45, 2.75) is 26.2 Å². The Balaban J connectivity index is 1.91. The van der Waals surface area contributed by atoms with Crippen molar-refractivity contribution in [3.63, 3.8) is 0 Å². The highest BCUT2D eigenvalue weighted by molar-refractivity contribution is 5.95. The number of nitrogen functional groups attached to an aromatic ring is 1. The summed E-state index contributed by atoms with van der Waals surface area (Å²) in [4.78, 5) is 11.8. The Morgan fingerprint density at radius 1 is 1.50 bits per heavy atom. The smallest absolute Gasteiger partial charge is 0.251 e. The molecule has 0 heterocycles. The fourth-order valence-corrected chi connectivity index (χ4v) is 1.83. The lowest BCUT2D eigenvalue weighted by atomic mass is 10.1. The van der Waals surface area contributed by atoms with Crippen molar-refractivity contribution in [1.82, 2.24) is 5.32 Å². The third-order valence-corrected chi connectivity index (χ3v) is 3.03. The second-order valence-electron chi connectivity index (χ2n) is 4.56. The average molecular weight is 218 g/mol. The summed E-state index contributed by atoms with van der Waals surface area (Å²) in [5.41, 5.74) is 8.01. The number of carbonyl (C=O) groups is 1. The Bertz CT molecular complexity index is 397. The molecule has 0 unspecified atom stereocenters. The van der Waals surface area contributed by atoms with E-state index < -0.39 is 0 Å². The summed E-state index contributed by atoms with van der Waals surface area (Å²) < 4.78 is 0. The van der Waals surface area contributed by atoms with Gasteiger partial charge in [-0.05, 0) is 43.0 Å². The number of nitrogens with two attached hydrogens (primary N) is 1. The highest BCUT2D eigenvalue weighted by Gasteiger charge is 2.20. The number of rotatable bonds is 4. The third-order valence-electron chi connectivity index (χ3n) is 3.03. The summed E-state index contributed by atoms with van der Waals surface area (Å²) in [6, 6.07) is 5.38. The summed E-state index contributed by atoms with van der Waals surface area (Å²) >= 11 is 0. The van der Waals surface area contributed by atoms with Crippen molar-refractivity contribution < 1.29 is 4.79 Å². The van der Waals surface area contributed by atoms with E-state index in [9.17, 15) is 4.79 Å². The zero-order chi connectivity index (χ0) is 11.5. The molecule has 1 saturated carbocycles. The molecule has 1 aromatic carbocycles. The number of carbonyl (C=O) groups excluding carboxylic acids is 1. The first kappa shape index (κ1) is 11.0. The van der Waals surface area contributed by atoms with E-state index >= 15 is 0 Å². The van der Waals surface area contributed by atoms with Gasteiger partial charge in [0.25, 0.3) is 5.91 Å². The number of anilines is 1. The molecule has 0 aliphatic heterocycles. The lowest BCUT2D eigenvalue weighted by Crippen LogP contribution is -2.25. The summed E-state index contributed by atoms with van der Waals surface area (Å²) in [5.74, 6) is 0.867. The maximum atomic E-state index is 11.8. The van der Waals surface area contributed by atoms with Crippen molar-refractivity contribution in [1.29, 1.82) is 0 Å². The van der Waals surface area contributed by atoms with Crippen LogP contribution in [0.2, 0.25) is 0 Å². The molecule has 0 aromatic heterocycles. The average Bonchev–Trinajstić information content (AvgIpc) is 3.01. The van der Waals surface area contributed by atoms with E-state index in [1.54, 1.807) is 12.1 Å². The fourth-order valence-electron chi connectivity index (χ4n) is 1.83. The first-order valence-electron chi connectivity index (χ1n) is 5.81. The standard InChI is InChI=1S/C13H18N2O/c1-9-8-11(14)4-5-12(9)13(16)15-7-6-10-2-3-10/h4-5,8,10H,2-3,6-7,14H2,1H3,(H,15,16). The van der Waals surface area contributed by atoms with Crippen LogP contribution < -0.4 is 11.1 Å². The zero-order valence-corrected chi connectivity index (χ0v) is 9.62. The Labute approximate surface area is 96.0 Å². The van der Waals surface area contributed by atoms with E-state index in [0.29, 0.717) is 5.69 Å². The molecule has 0 spiro atoms. The van der Waals surface area contributed by atoms with Gasteiger partial charge in [0.1, 0.15) is 0 Å². The van der Waals surface area contributed by atoms with E-state index in [2.05, 4.69) is 5.32 Å². The molecule has 1 fully saturated rings. The highest BCUT2D eigenvalue weighted by atomic mass is 16.1. The van der Waals surface area contributed by atoms with Gasteiger partial charge in [-0.15, -0.1) is 0 Å². The van der Waals surface area contributed by atoms with Gasteiger partial charge in [-0.2, -0.15) is 0 Å². The van der Waals surface area contributed by atoms with Gasteiger partial charge in [-0.25, -0.2) is 0 Å². The van der Waals surface area contributed by atoms with E-state index in [-0.39, 0.29) is 5.91 Å². The van der Waals surface area contributed by atoms with Crippen LogP contribution in [0.25, 0.3) is 0 Å². The summed E-state index contributed by atoms with van der Waals surface area (Å²) in [6.07, 6.45) is 3.77. The summed E-state index contributed by atoms with van der Waals surface area (Å²) in [5, 5.41) is 2.95. The molecule has 3 nitrogen and oxygen atoms in total. The quantitative estimate of drug-likeness (QED) is 0.760. The molecule has 3 N–H and O–H groups in total. The predicted octanol–water partition coefficient (Wildman–Crippen LogP) is 2.11. The minimum Gasteiger partial charge on any atom is -0.399 e. The number of aryl methyl sites for hydroxylation is 1. The van der Waals surface area contributed by atoms with Crippen molar-refractivity contribution in [3.05, 3.63) is 29.3 Å². The Hall–Kier alpha value is -1.51. The molecule has 0 bridgehead atoms. The Morgan fingerprint density at radius 3 is 2.88 bits per heavy atom. The predicted molar refractivity (Wildman–Crippen MR) is 65.3 cm³/mol. The lowest BCUT2D eigenvalue weighted by Gasteiger charge is -2.07. The highest BCUT2D eigenvalue weighted by Crippen LogP contribution is 2.31. The molecular weight excluding hydrogens is 200 g/mol. The van der Waals surface area contributed by atoms with E-state index in [0.717, 1.165) is 30.0 Å². The molecule has 0 saturated heterocycles. The first-order valence-corrected chi connectivity index (χ1v) is 5.81. The fraction of sp³-hybridized carbons (Fsp3) is 0.462. The van der Waals surface area contributed by atoms with Crippen LogP contribution in [0, 0.1) is 12.8 Å². The van der Waals surface area contributed by atoms with Crippen LogP contribution in [0.3, 0.4) is 0 Å². The Kier molecular flexibility index (Phi) is 3.13. The number of hydrogen-bond donors (Lipinski definition) is 2. The van der Waals surface area contributed by atoms with Crippen molar-refractivity contribution >= 4 is 11.6 Å². The molecule has 3 heteroatoms. The molecule has 16 heavy (non-hydrogen) atoms. The van der Waals surface area contributed by atoms with E-state index in [4.69, 9.17) is 5.73 Å². The monoisotopic (exact) mass is 218 g/mol. The van der Waals surface area contributed by atoms with Crippen LogP contribution in [0.4, 0.5) is 5.69 Å². The molecule has 1 aliphatic carbocycles. The van der Waals surface area contributed by atoms with Crippen LogP contribution in [0.15, 0.2) is 18.2 Å². The molecule has 2 rings (SSSR count). The van der Waals surface area contributed by atoms with Gasteiger partial charge in [-0.1, -0.05) is 12.8 Å². The van der Waals surface area contributed by atoms with Crippen LogP contribution in [-0.2, 0) is 0 Å². The second kappa shape index (κ2) is 4.56. The molecular formula is C13H18N2O. The number of hydrogen-bond acceptors (Lipinski definition) is 2. The lowest BCUT2D eigenvalue weighted by molar-refractivity contribution is 0.0952. The van der Waals surface area contributed by atoms with Crippen molar-refractivity contribution in [2.24, 2.45) is 5.92 Å². The van der Waals surface area contributed by atoms with Gasteiger partial charge in [0.2, 0.25) is 0 Å².